The van der Waals surface area contributed by atoms with Crippen LogP contribution in [0.4, 0.5) is 0 Å². The number of hydrogen-bond acceptors (Lipinski definition) is 4. The number of carbonyl (C=O) groups excluding carboxylic acids is 1. The third kappa shape index (κ3) is 3.56. The molecule has 0 saturated carbocycles. The summed E-state index contributed by atoms with van der Waals surface area (Å²) in [7, 11) is 1.82. The van der Waals surface area contributed by atoms with Gasteiger partial charge in [-0.1, -0.05) is 18.2 Å². The maximum atomic E-state index is 12.6. The van der Waals surface area contributed by atoms with Gasteiger partial charge in [-0.3, -0.25) is 9.69 Å². The van der Waals surface area contributed by atoms with Crippen LogP contribution in [0.5, 0.6) is 5.75 Å². The Hall–Kier alpha value is -2.27. The fraction of sp³-hybridized carbons (Fsp3) is 0.389. The van der Waals surface area contributed by atoms with E-state index in [0.717, 1.165) is 30.2 Å². The summed E-state index contributed by atoms with van der Waals surface area (Å²) in [6.07, 6.45) is 1.63. The first-order valence-corrected chi connectivity index (χ1v) is 7.87. The topological polar surface area (TPSA) is 45.9 Å². The maximum Gasteiger partial charge on any atom is 0.237 e. The lowest BCUT2D eigenvalue weighted by atomic mass is 10.2. The van der Waals surface area contributed by atoms with Gasteiger partial charge in [-0.05, 0) is 25.1 Å². The minimum Gasteiger partial charge on any atom is -0.492 e. The molecule has 3 rings (SSSR count). The Balaban J connectivity index is 1.63. The smallest absolute Gasteiger partial charge is 0.237 e. The van der Waals surface area contributed by atoms with E-state index in [2.05, 4.69) is 4.90 Å². The van der Waals surface area contributed by atoms with E-state index in [1.54, 1.807) is 11.2 Å². The van der Waals surface area contributed by atoms with E-state index in [0.29, 0.717) is 13.2 Å². The van der Waals surface area contributed by atoms with E-state index in [-0.39, 0.29) is 11.9 Å². The quantitative estimate of drug-likeness (QED) is 0.870. The molecule has 5 heteroatoms. The first-order chi connectivity index (χ1) is 11.1. The average Bonchev–Trinajstić information content (AvgIpc) is 3.01. The summed E-state index contributed by atoms with van der Waals surface area (Å²) >= 11 is 0. The SMILES string of the molecule is CC(c1ccco1)N(C)C(=O)CN1CCOc2ccccc2C1. The van der Waals surface area contributed by atoms with Gasteiger partial charge in [0.05, 0.1) is 18.8 Å². The summed E-state index contributed by atoms with van der Waals surface area (Å²) in [6.45, 7) is 4.41. The Morgan fingerprint density at radius 1 is 1.30 bits per heavy atom. The molecule has 1 amide bonds. The monoisotopic (exact) mass is 314 g/mol. The van der Waals surface area contributed by atoms with Crippen LogP contribution in [-0.4, -0.2) is 42.5 Å². The third-order valence-corrected chi connectivity index (χ3v) is 4.32. The van der Waals surface area contributed by atoms with Crippen molar-refractivity contribution in [2.75, 3.05) is 26.7 Å². The molecule has 23 heavy (non-hydrogen) atoms. The Morgan fingerprint density at radius 2 is 2.13 bits per heavy atom. The zero-order valence-corrected chi connectivity index (χ0v) is 13.6. The highest BCUT2D eigenvalue weighted by atomic mass is 16.5. The predicted octanol–water partition coefficient (Wildman–Crippen LogP) is 2.69. The van der Waals surface area contributed by atoms with E-state index < -0.39 is 0 Å². The first kappa shape index (κ1) is 15.6. The van der Waals surface area contributed by atoms with Gasteiger partial charge in [0.25, 0.3) is 0 Å². The number of carbonyl (C=O) groups is 1. The zero-order valence-electron chi connectivity index (χ0n) is 13.6. The van der Waals surface area contributed by atoms with Gasteiger partial charge < -0.3 is 14.1 Å². The van der Waals surface area contributed by atoms with E-state index in [1.165, 1.54) is 0 Å². The molecule has 122 valence electrons. The summed E-state index contributed by atoms with van der Waals surface area (Å²) in [5.41, 5.74) is 1.12. The summed E-state index contributed by atoms with van der Waals surface area (Å²) in [4.78, 5) is 16.4. The molecule has 5 nitrogen and oxygen atoms in total. The van der Waals surface area contributed by atoms with Gasteiger partial charge in [-0.25, -0.2) is 0 Å². The van der Waals surface area contributed by atoms with Crippen molar-refractivity contribution in [3.8, 4) is 5.75 Å². The molecular weight excluding hydrogens is 292 g/mol. The van der Waals surface area contributed by atoms with Crippen molar-refractivity contribution in [2.24, 2.45) is 0 Å². The van der Waals surface area contributed by atoms with Crippen LogP contribution in [0.2, 0.25) is 0 Å². The summed E-state index contributed by atoms with van der Waals surface area (Å²) in [6, 6.07) is 11.7. The number of para-hydroxylation sites is 1. The molecule has 0 aliphatic carbocycles. The molecule has 0 saturated heterocycles. The Morgan fingerprint density at radius 3 is 2.91 bits per heavy atom. The summed E-state index contributed by atoms with van der Waals surface area (Å²) in [5, 5.41) is 0. The van der Waals surface area contributed by atoms with Gasteiger partial charge in [0, 0.05) is 25.7 Å². The Bertz CT molecular complexity index is 654. The fourth-order valence-electron chi connectivity index (χ4n) is 2.75. The van der Waals surface area contributed by atoms with Gasteiger partial charge in [0.2, 0.25) is 5.91 Å². The molecule has 1 aliphatic heterocycles. The maximum absolute atomic E-state index is 12.6. The molecule has 1 aromatic carbocycles. The van der Waals surface area contributed by atoms with Gasteiger partial charge >= 0.3 is 0 Å². The number of furan rings is 1. The highest BCUT2D eigenvalue weighted by Crippen LogP contribution is 2.23. The van der Waals surface area contributed by atoms with Crippen molar-refractivity contribution in [1.29, 1.82) is 0 Å². The van der Waals surface area contributed by atoms with Crippen molar-refractivity contribution in [2.45, 2.75) is 19.5 Å². The minimum absolute atomic E-state index is 0.0759. The summed E-state index contributed by atoms with van der Waals surface area (Å²) < 4.78 is 11.1. The van der Waals surface area contributed by atoms with Crippen molar-refractivity contribution in [3.63, 3.8) is 0 Å². The van der Waals surface area contributed by atoms with Crippen LogP contribution >= 0.6 is 0 Å². The molecule has 1 atom stereocenters. The molecular formula is C18H22N2O3. The largest absolute Gasteiger partial charge is 0.492 e. The minimum atomic E-state index is -0.0759. The Kier molecular flexibility index (Phi) is 4.67. The number of benzene rings is 1. The second-order valence-corrected chi connectivity index (χ2v) is 5.86. The number of fused-ring (bicyclic) bond motifs is 1. The molecule has 0 spiro atoms. The molecule has 1 aromatic heterocycles. The van der Waals surface area contributed by atoms with Crippen LogP contribution in [0.25, 0.3) is 0 Å². The lowest BCUT2D eigenvalue weighted by Gasteiger charge is -2.27. The molecule has 0 N–H and O–H groups in total. The second-order valence-electron chi connectivity index (χ2n) is 5.86. The van der Waals surface area contributed by atoms with Crippen LogP contribution in [-0.2, 0) is 11.3 Å². The van der Waals surface area contributed by atoms with E-state index in [9.17, 15) is 4.79 Å². The fourth-order valence-corrected chi connectivity index (χ4v) is 2.75. The number of ether oxygens (including phenoxy) is 1. The zero-order chi connectivity index (χ0) is 16.2. The van der Waals surface area contributed by atoms with Gasteiger partial charge in [0.1, 0.15) is 18.1 Å². The standard InChI is InChI=1S/C18H22N2O3/c1-14(16-8-5-10-22-16)19(2)18(21)13-20-9-11-23-17-7-4-3-6-15(17)12-20/h3-8,10,14H,9,11-13H2,1-2H3. The molecule has 1 unspecified atom stereocenters. The highest BCUT2D eigenvalue weighted by molar-refractivity contribution is 5.78. The van der Waals surface area contributed by atoms with Crippen LogP contribution in [0, 0.1) is 0 Å². The molecule has 2 aromatic rings. The molecule has 2 heterocycles. The van der Waals surface area contributed by atoms with Crippen LogP contribution in [0.1, 0.15) is 24.3 Å². The highest BCUT2D eigenvalue weighted by Gasteiger charge is 2.23. The number of hydrogen-bond donors (Lipinski definition) is 0. The molecule has 0 bridgehead atoms. The van der Waals surface area contributed by atoms with E-state index >= 15 is 0 Å². The van der Waals surface area contributed by atoms with Crippen LogP contribution in [0.15, 0.2) is 47.1 Å². The Labute approximate surface area is 136 Å². The first-order valence-electron chi connectivity index (χ1n) is 7.87. The number of likely N-dealkylation sites (N-methyl/N-ethyl adjacent to an activating group) is 1. The summed E-state index contributed by atoms with van der Waals surface area (Å²) in [5.74, 6) is 1.79. The lowest BCUT2D eigenvalue weighted by Crippen LogP contribution is -2.40. The molecule has 1 aliphatic rings. The van der Waals surface area contributed by atoms with E-state index in [1.807, 2.05) is 50.4 Å². The molecule has 0 fully saturated rings. The van der Waals surface area contributed by atoms with Crippen molar-refractivity contribution in [3.05, 3.63) is 54.0 Å². The number of amides is 1. The number of nitrogens with zero attached hydrogens (tertiary/aromatic N) is 2. The van der Waals surface area contributed by atoms with Gasteiger partial charge in [0.15, 0.2) is 0 Å². The van der Waals surface area contributed by atoms with Gasteiger partial charge in [-0.15, -0.1) is 0 Å². The third-order valence-electron chi connectivity index (χ3n) is 4.32. The number of rotatable bonds is 4. The predicted molar refractivity (Wildman–Crippen MR) is 87.1 cm³/mol. The van der Waals surface area contributed by atoms with Crippen molar-refractivity contribution >= 4 is 5.91 Å². The van der Waals surface area contributed by atoms with Crippen molar-refractivity contribution < 1.29 is 13.9 Å². The normalized spacial score (nSPS) is 16.1. The van der Waals surface area contributed by atoms with Crippen LogP contribution < -0.4 is 4.74 Å². The van der Waals surface area contributed by atoms with Crippen molar-refractivity contribution in [1.82, 2.24) is 9.80 Å². The van der Waals surface area contributed by atoms with Crippen LogP contribution in [0.3, 0.4) is 0 Å². The molecule has 0 radical (unpaired) electrons. The van der Waals surface area contributed by atoms with E-state index in [4.69, 9.17) is 9.15 Å². The van der Waals surface area contributed by atoms with Gasteiger partial charge in [-0.2, -0.15) is 0 Å². The lowest BCUT2D eigenvalue weighted by molar-refractivity contribution is -0.133. The second kappa shape index (κ2) is 6.87. The average molecular weight is 314 g/mol.